The SMILES string of the molecule is O=S(=O)(/C=C/c1ccccc1)N1CCO[C@@H](Cc2ccccc2)C1. The Hall–Kier alpha value is -1.95. The molecule has 0 aliphatic carbocycles. The van der Waals surface area contributed by atoms with Gasteiger partial charge < -0.3 is 4.74 Å². The normalized spacial score (nSPS) is 19.6. The predicted molar refractivity (Wildman–Crippen MR) is 95.9 cm³/mol. The van der Waals surface area contributed by atoms with Gasteiger partial charge in [-0.2, -0.15) is 4.31 Å². The monoisotopic (exact) mass is 343 g/mol. The number of hydrogen-bond donors (Lipinski definition) is 0. The minimum absolute atomic E-state index is 0.110. The molecule has 0 radical (unpaired) electrons. The lowest BCUT2D eigenvalue weighted by molar-refractivity contribution is -0.000113. The summed E-state index contributed by atoms with van der Waals surface area (Å²) in [6.07, 6.45) is 2.24. The second-order valence-electron chi connectivity index (χ2n) is 5.80. The molecule has 5 heteroatoms. The van der Waals surface area contributed by atoms with E-state index in [1.165, 1.54) is 9.71 Å². The van der Waals surface area contributed by atoms with Crippen molar-refractivity contribution < 1.29 is 13.2 Å². The van der Waals surface area contributed by atoms with Gasteiger partial charge >= 0.3 is 0 Å². The summed E-state index contributed by atoms with van der Waals surface area (Å²) in [5.74, 6) is 0. The highest BCUT2D eigenvalue weighted by molar-refractivity contribution is 7.92. The lowest BCUT2D eigenvalue weighted by Crippen LogP contribution is -2.45. The average Bonchev–Trinajstić information content (AvgIpc) is 2.62. The van der Waals surface area contributed by atoms with Crippen LogP contribution in [0.3, 0.4) is 0 Å². The molecule has 126 valence electrons. The van der Waals surface area contributed by atoms with Crippen LogP contribution in [0.4, 0.5) is 0 Å². The smallest absolute Gasteiger partial charge is 0.236 e. The van der Waals surface area contributed by atoms with Gasteiger partial charge in [0.1, 0.15) is 0 Å². The van der Waals surface area contributed by atoms with Gasteiger partial charge in [-0.15, -0.1) is 0 Å². The Morgan fingerprint density at radius 3 is 2.42 bits per heavy atom. The Labute approximate surface area is 143 Å². The molecule has 1 fully saturated rings. The molecule has 2 aromatic rings. The van der Waals surface area contributed by atoms with Crippen molar-refractivity contribution in [3.63, 3.8) is 0 Å². The molecule has 2 aromatic carbocycles. The Balaban J connectivity index is 1.66. The zero-order valence-corrected chi connectivity index (χ0v) is 14.2. The van der Waals surface area contributed by atoms with Gasteiger partial charge in [0.15, 0.2) is 0 Å². The van der Waals surface area contributed by atoms with E-state index in [0.29, 0.717) is 19.7 Å². The van der Waals surface area contributed by atoms with Crippen LogP contribution < -0.4 is 0 Å². The predicted octanol–water partition coefficient (Wildman–Crippen LogP) is 2.93. The van der Waals surface area contributed by atoms with Crippen LogP contribution >= 0.6 is 0 Å². The molecular formula is C19H21NO3S. The number of benzene rings is 2. The van der Waals surface area contributed by atoms with E-state index in [1.807, 2.05) is 60.7 Å². The fraction of sp³-hybridized carbons (Fsp3) is 0.263. The molecule has 24 heavy (non-hydrogen) atoms. The van der Waals surface area contributed by atoms with Gasteiger partial charge in [-0.05, 0) is 23.6 Å². The molecule has 1 aliphatic rings. The van der Waals surface area contributed by atoms with Gasteiger partial charge in [-0.1, -0.05) is 60.7 Å². The number of hydrogen-bond acceptors (Lipinski definition) is 3. The molecule has 1 atom stereocenters. The fourth-order valence-corrected chi connectivity index (χ4v) is 3.94. The minimum atomic E-state index is -3.43. The van der Waals surface area contributed by atoms with E-state index < -0.39 is 10.0 Å². The van der Waals surface area contributed by atoms with Crippen molar-refractivity contribution in [2.45, 2.75) is 12.5 Å². The van der Waals surface area contributed by atoms with E-state index in [0.717, 1.165) is 17.5 Å². The number of ether oxygens (including phenoxy) is 1. The summed E-state index contributed by atoms with van der Waals surface area (Å²) < 4.78 is 32.3. The summed E-state index contributed by atoms with van der Waals surface area (Å²) in [6, 6.07) is 19.4. The van der Waals surface area contributed by atoms with Gasteiger partial charge in [-0.25, -0.2) is 8.42 Å². The first-order valence-corrected chi connectivity index (χ1v) is 9.53. The molecule has 3 rings (SSSR count). The van der Waals surface area contributed by atoms with Gasteiger partial charge in [0.05, 0.1) is 12.7 Å². The maximum absolute atomic E-state index is 12.5. The lowest BCUT2D eigenvalue weighted by atomic mass is 10.1. The van der Waals surface area contributed by atoms with E-state index in [4.69, 9.17) is 4.74 Å². The zero-order valence-electron chi connectivity index (χ0n) is 13.4. The second-order valence-corrected chi connectivity index (χ2v) is 7.62. The Morgan fingerprint density at radius 1 is 1.04 bits per heavy atom. The fourth-order valence-electron chi connectivity index (χ4n) is 2.74. The number of morpholine rings is 1. The lowest BCUT2D eigenvalue weighted by Gasteiger charge is -2.31. The molecule has 0 N–H and O–H groups in total. The first kappa shape index (κ1) is 16.9. The van der Waals surface area contributed by atoms with Crippen LogP contribution in [0.25, 0.3) is 6.08 Å². The Kier molecular flexibility index (Phi) is 5.45. The first-order valence-electron chi connectivity index (χ1n) is 8.02. The summed E-state index contributed by atoms with van der Waals surface area (Å²) in [7, 11) is -3.43. The van der Waals surface area contributed by atoms with Crippen molar-refractivity contribution >= 4 is 16.1 Å². The summed E-state index contributed by atoms with van der Waals surface area (Å²) in [5.41, 5.74) is 2.02. The van der Waals surface area contributed by atoms with Gasteiger partial charge in [0.2, 0.25) is 10.0 Å². The highest BCUT2D eigenvalue weighted by Gasteiger charge is 2.27. The summed E-state index contributed by atoms with van der Waals surface area (Å²) in [6.45, 7) is 1.21. The quantitative estimate of drug-likeness (QED) is 0.839. The van der Waals surface area contributed by atoms with E-state index in [2.05, 4.69) is 0 Å². The van der Waals surface area contributed by atoms with Crippen molar-refractivity contribution in [2.24, 2.45) is 0 Å². The number of nitrogens with zero attached hydrogens (tertiary/aromatic N) is 1. The van der Waals surface area contributed by atoms with Crippen LogP contribution in [0, 0.1) is 0 Å². The molecule has 1 heterocycles. The maximum atomic E-state index is 12.5. The van der Waals surface area contributed by atoms with E-state index in [1.54, 1.807) is 6.08 Å². The van der Waals surface area contributed by atoms with E-state index in [9.17, 15) is 8.42 Å². The Morgan fingerprint density at radius 2 is 1.71 bits per heavy atom. The average molecular weight is 343 g/mol. The van der Waals surface area contributed by atoms with Crippen molar-refractivity contribution in [1.82, 2.24) is 4.31 Å². The molecule has 0 spiro atoms. The van der Waals surface area contributed by atoms with E-state index >= 15 is 0 Å². The third-order valence-electron chi connectivity index (χ3n) is 4.00. The zero-order chi connectivity index (χ0) is 16.8. The number of rotatable bonds is 5. The first-order chi connectivity index (χ1) is 11.6. The second kappa shape index (κ2) is 7.75. The van der Waals surface area contributed by atoms with Gasteiger partial charge in [0, 0.05) is 18.5 Å². The molecular weight excluding hydrogens is 322 g/mol. The molecule has 1 saturated heterocycles. The molecule has 0 saturated carbocycles. The number of sulfonamides is 1. The topological polar surface area (TPSA) is 46.6 Å². The van der Waals surface area contributed by atoms with Gasteiger partial charge in [-0.3, -0.25) is 0 Å². The third kappa shape index (κ3) is 4.54. The van der Waals surface area contributed by atoms with Crippen molar-refractivity contribution in [3.8, 4) is 0 Å². The maximum Gasteiger partial charge on any atom is 0.236 e. The summed E-state index contributed by atoms with van der Waals surface area (Å²) in [5, 5.41) is 1.28. The summed E-state index contributed by atoms with van der Waals surface area (Å²) >= 11 is 0. The van der Waals surface area contributed by atoms with Crippen LogP contribution in [0.15, 0.2) is 66.1 Å². The molecule has 0 aromatic heterocycles. The minimum Gasteiger partial charge on any atom is -0.375 e. The third-order valence-corrected chi connectivity index (χ3v) is 5.53. The van der Waals surface area contributed by atoms with Crippen LogP contribution in [-0.4, -0.2) is 38.5 Å². The highest BCUT2D eigenvalue weighted by atomic mass is 32.2. The van der Waals surface area contributed by atoms with Gasteiger partial charge in [0.25, 0.3) is 0 Å². The van der Waals surface area contributed by atoms with Crippen molar-refractivity contribution in [2.75, 3.05) is 19.7 Å². The Bertz CT molecular complexity index is 773. The molecule has 1 aliphatic heterocycles. The van der Waals surface area contributed by atoms with Crippen LogP contribution in [0.2, 0.25) is 0 Å². The van der Waals surface area contributed by atoms with E-state index in [-0.39, 0.29) is 6.10 Å². The summed E-state index contributed by atoms with van der Waals surface area (Å²) in [4.78, 5) is 0. The van der Waals surface area contributed by atoms with Crippen molar-refractivity contribution in [1.29, 1.82) is 0 Å². The van der Waals surface area contributed by atoms with Crippen molar-refractivity contribution in [3.05, 3.63) is 77.2 Å². The van der Waals surface area contributed by atoms with Crippen LogP contribution in [0.1, 0.15) is 11.1 Å². The molecule has 0 unspecified atom stereocenters. The molecule has 4 nitrogen and oxygen atoms in total. The van der Waals surface area contributed by atoms with Crippen LogP contribution in [-0.2, 0) is 21.2 Å². The largest absolute Gasteiger partial charge is 0.375 e. The van der Waals surface area contributed by atoms with Crippen LogP contribution in [0.5, 0.6) is 0 Å². The molecule has 0 amide bonds. The molecule has 0 bridgehead atoms. The standard InChI is InChI=1S/C19H21NO3S/c21-24(22,14-11-17-7-3-1-4-8-17)20-12-13-23-19(16-20)15-18-9-5-2-6-10-18/h1-11,14,19H,12-13,15-16H2/b14-11+/t19-/m0/s1. The highest BCUT2D eigenvalue weighted by Crippen LogP contribution is 2.16.